The van der Waals surface area contributed by atoms with Crippen LogP contribution in [0, 0.1) is 13.8 Å². The highest BCUT2D eigenvalue weighted by molar-refractivity contribution is 5.76. The Hall–Kier alpha value is -2.82. The number of hydrogen-bond acceptors (Lipinski definition) is 4. The number of ether oxygens (including phenoxy) is 1. The van der Waals surface area contributed by atoms with Crippen LogP contribution in [-0.4, -0.2) is 22.1 Å². The number of aryl methyl sites for hydroxylation is 2. The van der Waals surface area contributed by atoms with Gasteiger partial charge in [0.25, 0.3) is 0 Å². The van der Waals surface area contributed by atoms with Crippen molar-refractivity contribution in [2.24, 2.45) is 0 Å². The molecule has 5 heteroatoms. The molecule has 0 saturated heterocycles. The Labute approximate surface area is 129 Å². The van der Waals surface area contributed by atoms with Crippen molar-refractivity contribution >= 4 is 5.82 Å². The largest absolute Gasteiger partial charge is 0.496 e. The number of nitrogen functional groups attached to an aromatic ring is 1. The molecule has 3 aromatic rings. The topological polar surface area (TPSA) is 66.0 Å². The van der Waals surface area contributed by atoms with Crippen molar-refractivity contribution < 1.29 is 4.74 Å². The maximum atomic E-state index is 6.26. The Morgan fingerprint density at radius 1 is 1.00 bits per heavy atom. The van der Waals surface area contributed by atoms with Crippen LogP contribution in [0.2, 0.25) is 0 Å². The fourth-order valence-electron chi connectivity index (χ4n) is 2.36. The molecule has 0 atom stereocenters. The summed E-state index contributed by atoms with van der Waals surface area (Å²) in [5, 5.41) is 8.43. The summed E-state index contributed by atoms with van der Waals surface area (Å²) < 4.78 is 7.04. The smallest absolute Gasteiger partial charge is 0.156 e. The molecule has 1 heterocycles. The van der Waals surface area contributed by atoms with Gasteiger partial charge >= 0.3 is 0 Å². The van der Waals surface area contributed by atoms with Crippen LogP contribution in [0.4, 0.5) is 5.82 Å². The normalized spacial score (nSPS) is 10.7. The van der Waals surface area contributed by atoms with Crippen molar-refractivity contribution in [2.45, 2.75) is 13.8 Å². The molecule has 0 saturated carbocycles. The lowest BCUT2D eigenvalue weighted by atomic mass is 10.1. The van der Waals surface area contributed by atoms with E-state index in [0.717, 1.165) is 22.6 Å². The van der Waals surface area contributed by atoms with E-state index >= 15 is 0 Å². The van der Waals surface area contributed by atoms with Gasteiger partial charge in [-0.1, -0.05) is 34.5 Å². The molecule has 0 unspecified atom stereocenters. The standard InChI is InChI=1S/C17H18N4O/c1-11-4-7-13(8-5-11)21-17(18)16(19-20-21)14-10-12(2)6-9-15(14)22-3/h4-10H,18H2,1-3H3. The first-order valence-electron chi connectivity index (χ1n) is 7.03. The molecule has 5 nitrogen and oxygen atoms in total. The number of hydrogen-bond donors (Lipinski definition) is 1. The highest BCUT2D eigenvalue weighted by Gasteiger charge is 2.16. The Bertz CT molecular complexity index is 806. The summed E-state index contributed by atoms with van der Waals surface area (Å²) in [6.45, 7) is 4.06. The Balaban J connectivity index is 2.11. The molecular formula is C17H18N4O. The Morgan fingerprint density at radius 3 is 2.36 bits per heavy atom. The molecule has 0 aliphatic carbocycles. The fourth-order valence-corrected chi connectivity index (χ4v) is 2.36. The molecule has 0 fully saturated rings. The average molecular weight is 294 g/mol. The van der Waals surface area contributed by atoms with E-state index in [9.17, 15) is 0 Å². The van der Waals surface area contributed by atoms with Crippen LogP contribution in [0.5, 0.6) is 5.75 Å². The molecule has 0 radical (unpaired) electrons. The van der Waals surface area contributed by atoms with Gasteiger partial charge in [-0.3, -0.25) is 0 Å². The quantitative estimate of drug-likeness (QED) is 0.806. The molecule has 112 valence electrons. The van der Waals surface area contributed by atoms with E-state index in [0.29, 0.717) is 11.5 Å². The number of benzene rings is 2. The second kappa shape index (κ2) is 5.52. The zero-order chi connectivity index (χ0) is 15.7. The van der Waals surface area contributed by atoms with E-state index in [-0.39, 0.29) is 0 Å². The first-order valence-corrected chi connectivity index (χ1v) is 7.03. The average Bonchev–Trinajstić information content (AvgIpc) is 2.89. The molecule has 0 aliphatic rings. The van der Waals surface area contributed by atoms with Gasteiger partial charge < -0.3 is 10.5 Å². The third kappa shape index (κ3) is 2.41. The van der Waals surface area contributed by atoms with Gasteiger partial charge in [0, 0.05) is 5.56 Å². The lowest BCUT2D eigenvalue weighted by Gasteiger charge is -2.08. The molecule has 2 N–H and O–H groups in total. The van der Waals surface area contributed by atoms with Gasteiger partial charge in [0.15, 0.2) is 5.82 Å². The van der Waals surface area contributed by atoms with Gasteiger partial charge in [-0.15, -0.1) is 5.10 Å². The predicted octanol–water partition coefficient (Wildman–Crippen LogP) is 3.14. The highest BCUT2D eigenvalue weighted by Crippen LogP contribution is 2.33. The predicted molar refractivity (Wildman–Crippen MR) is 87.2 cm³/mol. The summed E-state index contributed by atoms with van der Waals surface area (Å²) in [5.41, 5.74) is 10.9. The van der Waals surface area contributed by atoms with E-state index < -0.39 is 0 Å². The van der Waals surface area contributed by atoms with Crippen LogP contribution in [-0.2, 0) is 0 Å². The zero-order valence-electron chi connectivity index (χ0n) is 12.9. The summed E-state index contributed by atoms with van der Waals surface area (Å²) in [6, 6.07) is 13.9. The number of rotatable bonds is 3. The van der Waals surface area contributed by atoms with Crippen LogP contribution in [0.3, 0.4) is 0 Å². The van der Waals surface area contributed by atoms with Crippen LogP contribution < -0.4 is 10.5 Å². The van der Waals surface area contributed by atoms with Gasteiger partial charge in [-0.25, -0.2) is 0 Å². The summed E-state index contributed by atoms with van der Waals surface area (Å²) in [6.07, 6.45) is 0. The highest BCUT2D eigenvalue weighted by atomic mass is 16.5. The van der Waals surface area contributed by atoms with Gasteiger partial charge in [0.2, 0.25) is 0 Å². The summed E-state index contributed by atoms with van der Waals surface area (Å²) >= 11 is 0. The molecule has 0 bridgehead atoms. The van der Waals surface area contributed by atoms with E-state index in [1.807, 2.05) is 56.3 Å². The van der Waals surface area contributed by atoms with Crippen molar-refractivity contribution in [3.63, 3.8) is 0 Å². The lowest BCUT2D eigenvalue weighted by molar-refractivity contribution is 0.416. The first kappa shape index (κ1) is 14.1. The molecule has 22 heavy (non-hydrogen) atoms. The van der Waals surface area contributed by atoms with Crippen LogP contribution in [0.15, 0.2) is 42.5 Å². The molecule has 0 spiro atoms. The zero-order valence-corrected chi connectivity index (χ0v) is 12.9. The number of methoxy groups -OCH3 is 1. The molecular weight excluding hydrogens is 276 g/mol. The molecule has 0 amide bonds. The van der Waals surface area contributed by atoms with Crippen molar-refractivity contribution in [3.8, 4) is 22.7 Å². The van der Waals surface area contributed by atoms with E-state index in [1.54, 1.807) is 11.8 Å². The van der Waals surface area contributed by atoms with Crippen LogP contribution in [0.25, 0.3) is 16.9 Å². The minimum Gasteiger partial charge on any atom is -0.496 e. The van der Waals surface area contributed by atoms with Crippen molar-refractivity contribution in [3.05, 3.63) is 53.6 Å². The van der Waals surface area contributed by atoms with Gasteiger partial charge in [-0.2, -0.15) is 4.68 Å². The van der Waals surface area contributed by atoms with Gasteiger partial charge in [0.05, 0.1) is 12.8 Å². The third-order valence-electron chi connectivity index (χ3n) is 3.59. The SMILES string of the molecule is COc1ccc(C)cc1-c1nnn(-c2ccc(C)cc2)c1N. The van der Waals surface area contributed by atoms with E-state index in [4.69, 9.17) is 10.5 Å². The van der Waals surface area contributed by atoms with Gasteiger partial charge in [-0.05, 0) is 38.1 Å². The fraction of sp³-hybridized carbons (Fsp3) is 0.176. The molecule has 2 aromatic carbocycles. The number of nitrogens with zero attached hydrogens (tertiary/aromatic N) is 3. The Morgan fingerprint density at radius 2 is 1.68 bits per heavy atom. The minimum atomic E-state index is 0.493. The monoisotopic (exact) mass is 294 g/mol. The first-order chi connectivity index (χ1) is 10.6. The summed E-state index contributed by atoms with van der Waals surface area (Å²) in [5.74, 6) is 1.22. The van der Waals surface area contributed by atoms with Crippen LogP contribution >= 0.6 is 0 Å². The number of anilines is 1. The molecule has 1 aromatic heterocycles. The Kier molecular flexibility index (Phi) is 3.55. The number of aromatic nitrogens is 3. The second-order valence-corrected chi connectivity index (χ2v) is 5.27. The lowest BCUT2D eigenvalue weighted by Crippen LogP contribution is -2.02. The molecule has 3 rings (SSSR count). The number of nitrogens with two attached hydrogens (primary N) is 1. The van der Waals surface area contributed by atoms with Crippen LogP contribution in [0.1, 0.15) is 11.1 Å². The second-order valence-electron chi connectivity index (χ2n) is 5.27. The third-order valence-corrected chi connectivity index (χ3v) is 3.59. The van der Waals surface area contributed by atoms with Crippen molar-refractivity contribution in [2.75, 3.05) is 12.8 Å². The maximum absolute atomic E-state index is 6.26. The van der Waals surface area contributed by atoms with Crippen molar-refractivity contribution in [1.82, 2.24) is 15.0 Å². The van der Waals surface area contributed by atoms with E-state index in [1.165, 1.54) is 5.56 Å². The summed E-state index contributed by atoms with van der Waals surface area (Å²) in [4.78, 5) is 0. The molecule has 0 aliphatic heterocycles. The van der Waals surface area contributed by atoms with Crippen molar-refractivity contribution in [1.29, 1.82) is 0 Å². The van der Waals surface area contributed by atoms with E-state index in [2.05, 4.69) is 10.3 Å². The maximum Gasteiger partial charge on any atom is 0.156 e. The summed E-state index contributed by atoms with van der Waals surface area (Å²) in [7, 11) is 1.63. The van der Waals surface area contributed by atoms with Gasteiger partial charge in [0.1, 0.15) is 11.4 Å². The minimum absolute atomic E-state index is 0.493.